The molecule has 1 aliphatic rings. The third-order valence-corrected chi connectivity index (χ3v) is 2.74. The predicted molar refractivity (Wildman–Crippen MR) is 64.7 cm³/mol. The Bertz CT molecular complexity index is 195. The molecule has 0 radical (unpaired) electrons. The van der Waals surface area contributed by atoms with Crippen LogP contribution in [0.25, 0.3) is 0 Å². The van der Waals surface area contributed by atoms with Crippen molar-refractivity contribution in [3.05, 3.63) is 12.8 Å². The van der Waals surface area contributed by atoms with Crippen molar-refractivity contribution in [1.82, 2.24) is 10.7 Å². The van der Waals surface area contributed by atoms with Crippen LogP contribution < -0.4 is 16.5 Å². The summed E-state index contributed by atoms with van der Waals surface area (Å²) < 4.78 is 0. The zero-order valence-electron chi connectivity index (χ0n) is 9.28. The molecule has 0 saturated heterocycles. The number of nitrogens with two attached hydrogens (primary N) is 1. The Morgan fingerprint density at radius 2 is 2.07 bits per heavy atom. The molecule has 0 heterocycles. The second kappa shape index (κ2) is 7.43. The molecule has 86 valence electrons. The van der Waals surface area contributed by atoms with Crippen LogP contribution >= 0.6 is 0 Å². The van der Waals surface area contributed by atoms with Crippen molar-refractivity contribution in [2.24, 2.45) is 10.8 Å². The fourth-order valence-corrected chi connectivity index (χ4v) is 1.85. The van der Waals surface area contributed by atoms with Gasteiger partial charge in [0.25, 0.3) is 0 Å². The van der Waals surface area contributed by atoms with Gasteiger partial charge in [-0.2, -0.15) is 5.10 Å². The van der Waals surface area contributed by atoms with Crippen LogP contribution in [0.4, 0.5) is 0 Å². The zero-order valence-corrected chi connectivity index (χ0v) is 9.28. The van der Waals surface area contributed by atoms with Gasteiger partial charge < -0.3 is 11.1 Å². The number of nitrogens with one attached hydrogen (secondary N) is 2. The lowest BCUT2D eigenvalue weighted by Gasteiger charge is -2.26. The molecule has 1 fully saturated rings. The van der Waals surface area contributed by atoms with Gasteiger partial charge in [0, 0.05) is 31.0 Å². The second-order valence-electron chi connectivity index (χ2n) is 4.00. The van der Waals surface area contributed by atoms with E-state index in [0.29, 0.717) is 12.1 Å². The lowest BCUT2D eigenvalue weighted by Crippen LogP contribution is -2.37. The first-order chi connectivity index (χ1) is 7.33. The van der Waals surface area contributed by atoms with Gasteiger partial charge in [-0.1, -0.05) is 6.58 Å². The van der Waals surface area contributed by atoms with E-state index in [1.54, 1.807) is 6.20 Å². The van der Waals surface area contributed by atoms with Crippen LogP contribution in [-0.2, 0) is 0 Å². The molecule has 0 amide bonds. The van der Waals surface area contributed by atoms with E-state index in [1.807, 2.05) is 6.21 Å². The summed E-state index contributed by atoms with van der Waals surface area (Å²) in [6.45, 7) is 4.49. The van der Waals surface area contributed by atoms with Crippen molar-refractivity contribution >= 4 is 6.21 Å². The van der Waals surface area contributed by atoms with Crippen LogP contribution in [0.2, 0.25) is 0 Å². The number of hydrazone groups is 1. The van der Waals surface area contributed by atoms with Gasteiger partial charge in [-0.15, -0.1) is 0 Å². The van der Waals surface area contributed by atoms with E-state index in [2.05, 4.69) is 22.4 Å². The fraction of sp³-hybridized carbons (Fsp3) is 0.727. The van der Waals surface area contributed by atoms with Gasteiger partial charge in [0.15, 0.2) is 0 Å². The van der Waals surface area contributed by atoms with Gasteiger partial charge in [-0.05, 0) is 32.1 Å². The molecule has 0 bridgehead atoms. The molecule has 1 saturated carbocycles. The van der Waals surface area contributed by atoms with Gasteiger partial charge in [0.2, 0.25) is 0 Å². The van der Waals surface area contributed by atoms with E-state index in [-0.39, 0.29) is 0 Å². The smallest absolute Gasteiger partial charge is 0.0259 e. The van der Waals surface area contributed by atoms with Crippen molar-refractivity contribution < 1.29 is 0 Å². The molecule has 0 unspecified atom stereocenters. The van der Waals surface area contributed by atoms with Gasteiger partial charge in [-0.25, -0.2) is 0 Å². The largest absolute Gasteiger partial charge is 0.328 e. The average molecular weight is 210 g/mol. The molecule has 0 aromatic carbocycles. The monoisotopic (exact) mass is 210 g/mol. The van der Waals surface area contributed by atoms with E-state index in [4.69, 9.17) is 5.73 Å². The normalized spacial score (nSPS) is 26.7. The third-order valence-electron chi connectivity index (χ3n) is 2.74. The molecule has 0 aromatic rings. The van der Waals surface area contributed by atoms with Crippen LogP contribution in [0.3, 0.4) is 0 Å². The molecule has 4 nitrogen and oxygen atoms in total. The highest BCUT2D eigenvalue weighted by Crippen LogP contribution is 2.16. The van der Waals surface area contributed by atoms with Crippen molar-refractivity contribution in [3.8, 4) is 0 Å². The van der Waals surface area contributed by atoms with E-state index in [9.17, 15) is 0 Å². The van der Waals surface area contributed by atoms with Gasteiger partial charge in [0.1, 0.15) is 0 Å². The second-order valence-corrected chi connectivity index (χ2v) is 4.00. The predicted octanol–water partition coefficient (Wildman–Crippen LogP) is 0.955. The lowest BCUT2D eigenvalue weighted by atomic mass is 9.92. The van der Waals surface area contributed by atoms with Crippen molar-refractivity contribution in [2.45, 2.75) is 44.2 Å². The van der Waals surface area contributed by atoms with E-state index >= 15 is 0 Å². The lowest BCUT2D eigenvalue weighted by molar-refractivity contribution is 0.346. The molecule has 0 atom stereocenters. The molecule has 4 heteroatoms. The summed E-state index contributed by atoms with van der Waals surface area (Å²) in [7, 11) is 0. The van der Waals surface area contributed by atoms with E-state index < -0.39 is 0 Å². The van der Waals surface area contributed by atoms with Crippen molar-refractivity contribution in [1.29, 1.82) is 0 Å². The van der Waals surface area contributed by atoms with Gasteiger partial charge in [-0.3, -0.25) is 5.43 Å². The number of rotatable bonds is 6. The maximum Gasteiger partial charge on any atom is 0.0259 e. The Hall–Kier alpha value is -0.870. The quantitative estimate of drug-likeness (QED) is 0.347. The van der Waals surface area contributed by atoms with Crippen molar-refractivity contribution in [2.75, 3.05) is 6.54 Å². The molecular formula is C11H22N4. The summed E-state index contributed by atoms with van der Waals surface area (Å²) in [5.74, 6) is 0. The first kappa shape index (κ1) is 12.2. The minimum atomic E-state index is 0.432. The minimum Gasteiger partial charge on any atom is -0.328 e. The number of nitrogens with zero attached hydrogens (tertiary/aromatic N) is 1. The molecule has 15 heavy (non-hydrogen) atoms. The molecule has 0 aliphatic heterocycles. The van der Waals surface area contributed by atoms with E-state index in [1.165, 1.54) is 12.8 Å². The van der Waals surface area contributed by atoms with E-state index in [0.717, 1.165) is 25.8 Å². The summed E-state index contributed by atoms with van der Waals surface area (Å²) in [6.07, 6.45) is 9.11. The SMILES string of the molecule is C=CN/N=C\CCNC1CCC(N)CC1. The summed E-state index contributed by atoms with van der Waals surface area (Å²) >= 11 is 0. The van der Waals surface area contributed by atoms with Crippen molar-refractivity contribution in [3.63, 3.8) is 0 Å². The molecule has 0 aromatic heterocycles. The first-order valence-corrected chi connectivity index (χ1v) is 5.70. The number of hydrogen-bond donors (Lipinski definition) is 3. The molecule has 1 rings (SSSR count). The highest BCUT2D eigenvalue weighted by molar-refractivity contribution is 5.56. The third kappa shape index (κ3) is 5.54. The maximum absolute atomic E-state index is 5.84. The summed E-state index contributed by atoms with van der Waals surface area (Å²) in [5.41, 5.74) is 8.52. The maximum atomic E-state index is 5.84. The average Bonchev–Trinajstić information content (AvgIpc) is 2.26. The Morgan fingerprint density at radius 3 is 2.73 bits per heavy atom. The van der Waals surface area contributed by atoms with Gasteiger partial charge in [0.05, 0.1) is 0 Å². The first-order valence-electron chi connectivity index (χ1n) is 5.70. The van der Waals surface area contributed by atoms with Gasteiger partial charge >= 0.3 is 0 Å². The van der Waals surface area contributed by atoms with Crippen LogP contribution in [-0.4, -0.2) is 24.8 Å². The Labute approximate surface area is 92.0 Å². The Morgan fingerprint density at radius 1 is 1.33 bits per heavy atom. The highest BCUT2D eigenvalue weighted by Gasteiger charge is 2.17. The molecule has 4 N–H and O–H groups in total. The Kier molecular flexibility index (Phi) is 6.04. The van der Waals surface area contributed by atoms with Crippen LogP contribution in [0.15, 0.2) is 17.9 Å². The zero-order chi connectivity index (χ0) is 10.9. The summed E-state index contributed by atoms with van der Waals surface area (Å²) in [4.78, 5) is 0. The molecular weight excluding hydrogens is 188 g/mol. The standard InChI is InChI=1S/C11H22N4/c1-2-14-15-9-3-8-13-11-6-4-10(12)5-7-11/h2,9-11,13-14H,1,3-8,12H2/b15-9-. The topological polar surface area (TPSA) is 62.4 Å². The van der Waals surface area contributed by atoms with Crippen LogP contribution in [0.5, 0.6) is 0 Å². The van der Waals surface area contributed by atoms with Crippen LogP contribution in [0, 0.1) is 0 Å². The molecule has 0 spiro atoms. The molecule has 1 aliphatic carbocycles. The number of hydrogen-bond acceptors (Lipinski definition) is 4. The summed E-state index contributed by atoms with van der Waals surface area (Å²) in [6, 6.07) is 1.09. The Balaban J connectivity index is 1.98. The summed E-state index contributed by atoms with van der Waals surface area (Å²) in [5, 5.41) is 7.45. The fourth-order valence-electron chi connectivity index (χ4n) is 1.85. The minimum absolute atomic E-state index is 0.432. The highest BCUT2D eigenvalue weighted by atomic mass is 15.3. The van der Waals surface area contributed by atoms with Crippen LogP contribution in [0.1, 0.15) is 32.1 Å².